The van der Waals surface area contributed by atoms with Crippen molar-refractivity contribution in [2.24, 2.45) is 0 Å². The molecule has 0 aliphatic rings. The molecule has 0 bridgehead atoms. The molecule has 0 atom stereocenters. The van der Waals surface area contributed by atoms with Gasteiger partial charge in [-0.1, -0.05) is 18.5 Å². The van der Waals surface area contributed by atoms with Gasteiger partial charge < -0.3 is 0 Å². The fraction of sp³-hybridized carbons (Fsp3) is 0.200. The molecule has 2 rings (SSSR count). The van der Waals surface area contributed by atoms with E-state index in [0.29, 0.717) is 0 Å². The van der Waals surface area contributed by atoms with Gasteiger partial charge in [0.25, 0.3) is 0 Å². The van der Waals surface area contributed by atoms with E-state index in [1.165, 1.54) is 0 Å². The van der Waals surface area contributed by atoms with Crippen LogP contribution in [-0.4, -0.2) is 0 Å². The van der Waals surface area contributed by atoms with Gasteiger partial charge in [0.15, 0.2) is 5.13 Å². The number of hydrogen-bond acceptors (Lipinski definition) is 1. The highest BCUT2D eigenvalue weighted by molar-refractivity contribution is 7.17. The molecule has 2 aromatic rings. The summed E-state index contributed by atoms with van der Waals surface area (Å²) >= 11 is 7.13. The number of aryl methyl sites for hydroxylation is 1. The van der Waals surface area contributed by atoms with Crippen LogP contribution < -0.4 is 0 Å². The molecule has 0 fully saturated rings. The summed E-state index contributed by atoms with van der Waals surface area (Å²) in [4.78, 5) is 0. The van der Waals surface area contributed by atoms with E-state index in [-0.39, 0.29) is 5.13 Å². The van der Waals surface area contributed by atoms with E-state index in [1.807, 2.05) is 19.1 Å². The molecule has 1 heterocycles. The second-order valence-electron chi connectivity index (χ2n) is 2.89. The molecule has 0 saturated heterocycles. The van der Waals surface area contributed by atoms with Crippen LogP contribution in [0.5, 0.6) is 0 Å². The summed E-state index contributed by atoms with van der Waals surface area (Å²) in [5, 5.41) is 1.53. The van der Waals surface area contributed by atoms with Crippen molar-refractivity contribution in [3.05, 3.63) is 33.9 Å². The standard InChI is InChI=1S/C10H8ClFS/c1-2-6-3-7-4-10(12)13-9(7)5-8(6)11/h3-5H,2H2,1H3. The van der Waals surface area contributed by atoms with Gasteiger partial charge in [0, 0.05) is 9.72 Å². The zero-order valence-electron chi connectivity index (χ0n) is 7.10. The van der Waals surface area contributed by atoms with Crippen LogP contribution in [0.15, 0.2) is 18.2 Å². The zero-order valence-corrected chi connectivity index (χ0v) is 8.68. The van der Waals surface area contributed by atoms with Gasteiger partial charge in [0.1, 0.15) is 0 Å². The summed E-state index contributed by atoms with van der Waals surface area (Å²) in [6, 6.07) is 5.34. The smallest absolute Gasteiger partial charge is 0.177 e. The summed E-state index contributed by atoms with van der Waals surface area (Å²) in [6.45, 7) is 2.04. The van der Waals surface area contributed by atoms with Crippen LogP contribution in [0.3, 0.4) is 0 Å². The lowest BCUT2D eigenvalue weighted by molar-refractivity contribution is 0.658. The number of thiophene rings is 1. The van der Waals surface area contributed by atoms with Crippen LogP contribution in [0.4, 0.5) is 4.39 Å². The van der Waals surface area contributed by atoms with Crippen LogP contribution in [0, 0.1) is 5.13 Å². The van der Waals surface area contributed by atoms with Crippen molar-refractivity contribution in [2.75, 3.05) is 0 Å². The summed E-state index contributed by atoms with van der Waals surface area (Å²) < 4.78 is 13.8. The summed E-state index contributed by atoms with van der Waals surface area (Å²) in [5.74, 6) is 0. The van der Waals surface area contributed by atoms with Crippen LogP contribution in [0.1, 0.15) is 12.5 Å². The van der Waals surface area contributed by atoms with E-state index in [9.17, 15) is 4.39 Å². The Bertz CT molecular complexity index is 447. The van der Waals surface area contributed by atoms with Crippen molar-refractivity contribution in [1.82, 2.24) is 0 Å². The fourth-order valence-corrected chi connectivity index (χ4v) is 2.52. The predicted molar refractivity (Wildman–Crippen MR) is 56.2 cm³/mol. The minimum absolute atomic E-state index is 0.153. The molecule has 0 N–H and O–H groups in total. The number of fused-ring (bicyclic) bond motifs is 1. The molecule has 0 amide bonds. The minimum Gasteiger partial charge on any atom is -0.195 e. The van der Waals surface area contributed by atoms with E-state index >= 15 is 0 Å². The second kappa shape index (κ2) is 3.28. The maximum absolute atomic E-state index is 12.9. The van der Waals surface area contributed by atoms with Gasteiger partial charge in [0.05, 0.1) is 0 Å². The van der Waals surface area contributed by atoms with Crippen LogP contribution >= 0.6 is 22.9 Å². The molecule has 0 radical (unpaired) electrons. The van der Waals surface area contributed by atoms with Crippen LogP contribution in [0.2, 0.25) is 5.02 Å². The van der Waals surface area contributed by atoms with Gasteiger partial charge >= 0.3 is 0 Å². The number of halogens is 2. The maximum atomic E-state index is 12.9. The maximum Gasteiger partial charge on any atom is 0.177 e. The lowest BCUT2D eigenvalue weighted by Crippen LogP contribution is -1.80. The number of benzene rings is 1. The third-order valence-electron chi connectivity index (χ3n) is 2.04. The van der Waals surface area contributed by atoms with E-state index in [1.54, 1.807) is 6.07 Å². The quantitative estimate of drug-likeness (QED) is 0.666. The van der Waals surface area contributed by atoms with Crippen molar-refractivity contribution >= 4 is 33.0 Å². The summed E-state index contributed by atoms with van der Waals surface area (Å²) in [5.41, 5.74) is 1.08. The lowest BCUT2D eigenvalue weighted by Gasteiger charge is -1.99. The topological polar surface area (TPSA) is 0 Å². The molecular formula is C10H8ClFS. The van der Waals surface area contributed by atoms with Crippen molar-refractivity contribution < 1.29 is 4.39 Å². The van der Waals surface area contributed by atoms with Crippen molar-refractivity contribution in [3.63, 3.8) is 0 Å². The van der Waals surface area contributed by atoms with Crippen molar-refractivity contribution in [3.8, 4) is 0 Å². The highest BCUT2D eigenvalue weighted by atomic mass is 35.5. The summed E-state index contributed by atoms with van der Waals surface area (Å²) in [7, 11) is 0. The van der Waals surface area contributed by atoms with Crippen molar-refractivity contribution in [2.45, 2.75) is 13.3 Å². The number of rotatable bonds is 1. The van der Waals surface area contributed by atoms with E-state index < -0.39 is 0 Å². The molecule has 0 unspecified atom stereocenters. The number of hydrogen-bond donors (Lipinski definition) is 0. The van der Waals surface area contributed by atoms with Gasteiger partial charge in [-0.3, -0.25) is 0 Å². The normalized spacial score (nSPS) is 11.0. The average Bonchev–Trinajstić information content (AvgIpc) is 2.42. The van der Waals surface area contributed by atoms with Gasteiger partial charge in [-0.15, -0.1) is 11.3 Å². The summed E-state index contributed by atoms with van der Waals surface area (Å²) in [6.07, 6.45) is 0.881. The third-order valence-corrected chi connectivity index (χ3v) is 3.27. The largest absolute Gasteiger partial charge is 0.195 e. The molecular weight excluding hydrogens is 207 g/mol. The Morgan fingerprint density at radius 3 is 2.85 bits per heavy atom. The molecule has 0 spiro atoms. The Hall–Kier alpha value is -0.600. The van der Waals surface area contributed by atoms with Gasteiger partial charge in [-0.25, -0.2) is 0 Å². The van der Waals surface area contributed by atoms with Crippen LogP contribution in [0.25, 0.3) is 10.1 Å². The third kappa shape index (κ3) is 1.56. The minimum atomic E-state index is -0.153. The lowest BCUT2D eigenvalue weighted by atomic mass is 10.1. The highest BCUT2D eigenvalue weighted by Crippen LogP contribution is 2.30. The molecule has 3 heteroatoms. The van der Waals surface area contributed by atoms with Crippen molar-refractivity contribution in [1.29, 1.82) is 0 Å². The first-order chi connectivity index (χ1) is 6.20. The van der Waals surface area contributed by atoms with Gasteiger partial charge in [-0.2, -0.15) is 4.39 Å². The molecule has 0 nitrogen and oxygen atoms in total. The SMILES string of the molecule is CCc1cc2cc(F)sc2cc1Cl. The monoisotopic (exact) mass is 214 g/mol. The Morgan fingerprint density at radius 2 is 2.15 bits per heavy atom. The zero-order chi connectivity index (χ0) is 9.42. The molecule has 1 aromatic carbocycles. The van der Waals surface area contributed by atoms with E-state index in [4.69, 9.17) is 11.6 Å². The second-order valence-corrected chi connectivity index (χ2v) is 4.33. The molecule has 0 saturated carbocycles. The average molecular weight is 215 g/mol. The Kier molecular flexibility index (Phi) is 2.26. The van der Waals surface area contributed by atoms with E-state index in [0.717, 1.165) is 38.4 Å². The van der Waals surface area contributed by atoms with E-state index in [2.05, 4.69) is 0 Å². The van der Waals surface area contributed by atoms with Crippen LogP contribution in [-0.2, 0) is 6.42 Å². The van der Waals surface area contributed by atoms with Gasteiger partial charge in [0.2, 0.25) is 0 Å². The molecule has 13 heavy (non-hydrogen) atoms. The Balaban J connectivity index is 2.72. The highest BCUT2D eigenvalue weighted by Gasteiger charge is 2.05. The fourth-order valence-electron chi connectivity index (χ4n) is 1.35. The molecule has 0 aliphatic heterocycles. The Labute approximate surface area is 85.0 Å². The predicted octanol–water partition coefficient (Wildman–Crippen LogP) is 4.26. The molecule has 68 valence electrons. The van der Waals surface area contributed by atoms with Gasteiger partial charge in [-0.05, 0) is 35.6 Å². The first-order valence-electron chi connectivity index (χ1n) is 4.08. The first kappa shape index (κ1) is 8.97. The molecule has 1 aromatic heterocycles. The Morgan fingerprint density at radius 1 is 1.38 bits per heavy atom. The first-order valence-corrected chi connectivity index (χ1v) is 5.27. The molecule has 0 aliphatic carbocycles.